The van der Waals surface area contributed by atoms with Gasteiger partial charge in [-0.25, -0.2) is 0 Å². The molecule has 0 aliphatic rings. The molecule has 0 radical (unpaired) electrons. The molecule has 0 bridgehead atoms. The van der Waals surface area contributed by atoms with E-state index in [1.54, 1.807) is 41.3 Å². The predicted molar refractivity (Wildman–Crippen MR) is 149 cm³/mol. The van der Waals surface area contributed by atoms with Crippen molar-refractivity contribution in [3.63, 3.8) is 0 Å². The van der Waals surface area contributed by atoms with E-state index in [1.807, 2.05) is 44.2 Å². The summed E-state index contributed by atoms with van der Waals surface area (Å²) in [6.45, 7) is 4.13. The lowest BCUT2D eigenvalue weighted by Gasteiger charge is -2.32. The van der Waals surface area contributed by atoms with Gasteiger partial charge in [0.2, 0.25) is 11.8 Å². The number of hydrogen-bond acceptors (Lipinski definition) is 2. The number of carbonyl (C=O) groups excluding carboxylic acids is 2. The van der Waals surface area contributed by atoms with Crippen LogP contribution in [0.4, 0.5) is 0 Å². The Kier molecular flexibility index (Phi) is 10.5. The first-order valence-corrected chi connectivity index (χ1v) is 13.2. The average Bonchev–Trinajstić information content (AvgIpc) is 2.86. The van der Waals surface area contributed by atoms with Crippen LogP contribution in [0.1, 0.15) is 37.0 Å². The zero-order valence-electron chi connectivity index (χ0n) is 20.1. The largest absolute Gasteiger partial charge is 0.352 e. The minimum absolute atomic E-state index is 0.0345. The van der Waals surface area contributed by atoms with E-state index < -0.39 is 6.04 Å². The molecule has 3 aromatic rings. The highest BCUT2D eigenvalue weighted by molar-refractivity contribution is 6.42. The molecule has 2 amide bonds. The fourth-order valence-electron chi connectivity index (χ4n) is 3.76. The van der Waals surface area contributed by atoms with Gasteiger partial charge in [0, 0.05) is 19.0 Å². The molecule has 0 spiro atoms. The van der Waals surface area contributed by atoms with Crippen LogP contribution in [0.25, 0.3) is 0 Å². The summed E-state index contributed by atoms with van der Waals surface area (Å²) in [4.78, 5) is 28.9. The van der Waals surface area contributed by atoms with Gasteiger partial charge in [-0.2, -0.15) is 0 Å². The number of nitrogens with zero attached hydrogens (tertiary/aromatic N) is 1. The fourth-order valence-corrected chi connectivity index (χ4v) is 4.40. The quantitative estimate of drug-likeness (QED) is 0.278. The lowest BCUT2D eigenvalue weighted by molar-refractivity contribution is -0.141. The van der Waals surface area contributed by atoms with Crippen molar-refractivity contribution in [2.75, 3.05) is 0 Å². The summed E-state index contributed by atoms with van der Waals surface area (Å²) < 4.78 is 0. The van der Waals surface area contributed by atoms with E-state index in [4.69, 9.17) is 46.4 Å². The minimum Gasteiger partial charge on any atom is -0.352 e. The number of hydrogen-bond donors (Lipinski definition) is 1. The van der Waals surface area contributed by atoms with Crippen LogP contribution in [-0.4, -0.2) is 28.8 Å². The maximum atomic E-state index is 13.8. The molecule has 2 atom stereocenters. The van der Waals surface area contributed by atoms with Crippen LogP contribution >= 0.6 is 46.4 Å². The van der Waals surface area contributed by atoms with Gasteiger partial charge in [0.25, 0.3) is 0 Å². The molecular weight excluding hydrogens is 538 g/mol. The van der Waals surface area contributed by atoms with E-state index in [1.165, 1.54) is 0 Å². The van der Waals surface area contributed by atoms with Gasteiger partial charge in [0.15, 0.2) is 0 Å². The van der Waals surface area contributed by atoms with Crippen LogP contribution in [0.3, 0.4) is 0 Å². The van der Waals surface area contributed by atoms with Crippen molar-refractivity contribution < 1.29 is 9.59 Å². The molecule has 8 heteroatoms. The Hall–Kier alpha value is -2.24. The van der Waals surface area contributed by atoms with Crippen LogP contribution in [-0.2, 0) is 29.0 Å². The summed E-state index contributed by atoms with van der Waals surface area (Å²) in [5.41, 5.74) is 2.42. The molecule has 0 unspecified atom stereocenters. The summed E-state index contributed by atoms with van der Waals surface area (Å²) >= 11 is 24.6. The lowest BCUT2D eigenvalue weighted by Crippen LogP contribution is -2.52. The fraction of sp³-hybridized carbons (Fsp3) is 0.286. The Morgan fingerprint density at radius 3 is 1.97 bits per heavy atom. The van der Waals surface area contributed by atoms with Crippen molar-refractivity contribution in [2.24, 2.45) is 0 Å². The molecule has 36 heavy (non-hydrogen) atoms. The molecule has 0 aliphatic heterocycles. The minimum atomic E-state index is -0.744. The first-order valence-electron chi connectivity index (χ1n) is 11.7. The third-order valence-corrected chi connectivity index (χ3v) is 7.43. The highest BCUT2D eigenvalue weighted by Gasteiger charge is 2.31. The molecule has 190 valence electrons. The molecule has 0 aliphatic carbocycles. The highest BCUT2D eigenvalue weighted by Crippen LogP contribution is 2.26. The molecule has 3 rings (SSSR count). The second-order valence-electron chi connectivity index (χ2n) is 8.72. The number of rotatable bonds is 10. The van der Waals surface area contributed by atoms with E-state index >= 15 is 0 Å². The Balaban J connectivity index is 2.00. The third-order valence-electron chi connectivity index (χ3n) is 5.95. The molecule has 0 heterocycles. The summed E-state index contributed by atoms with van der Waals surface area (Å²) in [7, 11) is 0. The van der Waals surface area contributed by atoms with Crippen LogP contribution in [0.5, 0.6) is 0 Å². The van der Waals surface area contributed by atoms with Crippen molar-refractivity contribution in [1.29, 1.82) is 0 Å². The number of benzene rings is 3. The van der Waals surface area contributed by atoms with Crippen LogP contribution in [0.2, 0.25) is 20.1 Å². The zero-order valence-corrected chi connectivity index (χ0v) is 23.1. The predicted octanol–water partition coefficient (Wildman–Crippen LogP) is 7.40. The summed E-state index contributed by atoms with van der Waals surface area (Å²) in [6.07, 6.45) is 1.19. The van der Waals surface area contributed by atoms with E-state index in [0.29, 0.717) is 32.1 Å². The van der Waals surface area contributed by atoms with E-state index in [9.17, 15) is 9.59 Å². The SMILES string of the molecule is CC[C@@H](C)NC(=O)[C@@H](Cc1ccccc1)N(Cc1ccc(Cl)c(Cl)c1)C(=O)Cc1ccc(Cl)c(Cl)c1. The monoisotopic (exact) mass is 564 g/mol. The number of nitrogens with one attached hydrogen (secondary N) is 1. The molecule has 3 aromatic carbocycles. The normalized spacial score (nSPS) is 12.6. The van der Waals surface area contributed by atoms with Crippen LogP contribution in [0, 0.1) is 0 Å². The highest BCUT2D eigenvalue weighted by atomic mass is 35.5. The lowest BCUT2D eigenvalue weighted by atomic mass is 10.0. The van der Waals surface area contributed by atoms with Crippen LogP contribution < -0.4 is 5.32 Å². The molecule has 1 N–H and O–H groups in total. The van der Waals surface area contributed by atoms with Gasteiger partial charge in [-0.15, -0.1) is 0 Å². The molecule has 0 saturated carbocycles. The maximum absolute atomic E-state index is 13.8. The average molecular weight is 566 g/mol. The van der Waals surface area contributed by atoms with Gasteiger partial charge in [-0.05, 0) is 54.3 Å². The van der Waals surface area contributed by atoms with Gasteiger partial charge < -0.3 is 10.2 Å². The molecule has 0 fully saturated rings. The van der Waals surface area contributed by atoms with Gasteiger partial charge in [0.1, 0.15) is 6.04 Å². The standard InChI is InChI=1S/C28H28Cl4N2O2/c1-3-18(2)33-28(36)26(15-19-7-5-4-6-8-19)34(17-21-10-12-23(30)25(32)14-21)27(35)16-20-9-11-22(29)24(31)13-20/h4-14,18,26H,3,15-17H2,1-2H3,(H,33,36)/t18-,26-/m1/s1. The smallest absolute Gasteiger partial charge is 0.243 e. The summed E-state index contributed by atoms with van der Waals surface area (Å²) in [6, 6.07) is 19.2. The van der Waals surface area contributed by atoms with Crippen molar-refractivity contribution in [3.05, 3.63) is 104 Å². The molecular formula is C28H28Cl4N2O2. The van der Waals surface area contributed by atoms with E-state index in [-0.39, 0.29) is 30.8 Å². The summed E-state index contributed by atoms with van der Waals surface area (Å²) in [5.74, 6) is -0.435. The molecule has 4 nitrogen and oxygen atoms in total. The first-order chi connectivity index (χ1) is 17.2. The third kappa shape index (κ3) is 7.88. The van der Waals surface area contributed by atoms with Crippen molar-refractivity contribution in [1.82, 2.24) is 10.2 Å². The van der Waals surface area contributed by atoms with Crippen molar-refractivity contribution in [3.8, 4) is 0 Å². The van der Waals surface area contributed by atoms with Crippen LogP contribution in [0.15, 0.2) is 66.7 Å². The van der Waals surface area contributed by atoms with Gasteiger partial charge in [-0.3, -0.25) is 9.59 Å². The Bertz CT molecular complexity index is 1200. The summed E-state index contributed by atoms with van der Waals surface area (Å²) in [5, 5.41) is 4.64. The van der Waals surface area contributed by atoms with E-state index in [2.05, 4.69) is 5.32 Å². The Morgan fingerprint density at radius 2 is 1.39 bits per heavy atom. The Labute approximate surface area is 232 Å². The maximum Gasteiger partial charge on any atom is 0.243 e. The Morgan fingerprint density at radius 1 is 0.806 bits per heavy atom. The molecule has 0 saturated heterocycles. The number of halogens is 4. The van der Waals surface area contributed by atoms with Gasteiger partial charge in [-0.1, -0.05) is 95.8 Å². The van der Waals surface area contributed by atoms with Gasteiger partial charge >= 0.3 is 0 Å². The second-order valence-corrected chi connectivity index (χ2v) is 10.3. The topological polar surface area (TPSA) is 49.4 Å². The molecule has 0 aromatic heterocycles. The zero-order chi connectivity index (χ0) is 26.2. The van der Waals surface area contributed by atoms with Crippen molar-refractivity contribution >= 4 is 58.2 Å². The number of amides is 2. The van der Waals surface area contributed by atoms with E-state index in [0.717, 1.165) is 17.5 Å². The second kappa shape index (κ2) is 13.3. The van der Waals surface area contributed by atoms with Crippen molar-refractivity contribution in [2.45, 2.75) is 51.7 Å². The number of carbonyl (C=O) groups is 2. The van der Waals surface area contributed by atoms with Gasteiger partial charge in [0.05, 0.1) is 26.5 Å². The first kappa shape index (κ1) is 28.3.